The predicted octanol–water partition coefficient (Wildman–Crippen LogP) is 5.16. The number of aryl methyl sites for hydroxylation is 1. The standard InChI is InChI=1S/C27H27N3O2S2/c1-19(25(31)29-16-13-24-21(18-29)14-17-33-24)34-27-28-23-12-6-5-11-22(23)26(32)30(27)15-7-10-20-8-3-2-4-9-20/h2-6,8-9,11-12,14,17,19H,7,10,13,15-16,18H2,1H3. The molecule has 4 aromatic rings. The van der Waals surface area contributed by atoms with Gasteiger partial charge in [-0.3, -0.25) is 14.2 Å². The maximum atomic E-state index is 13.4. The van der Waals surface area contributed by atoms with Gasteiger partial charge in [0.05, 0.1) is 16.2 Å². The minimum atomic E-state index is -0.325. The molecule has 1 aliphatic heterocycles. The van der Waals surface area contributed by atoms with E-state index in [9.17, 15) is 9.59 Å². The third kappa shape index (κ3) is 4.81. The van der Waals surface area contributed by atoms with Crippen LogP contribution in [0.25, 0.3) is 10.9 Å². The van der Waals surface area contributed by atoms with Crippen molar-refractivity contribution in [1.82, 2.24) is 14.5 Å². The second-order valence-electron chi connectivity index (χ2n) is 8.60. The third-order valence-electron chi connectivity index (χ3n) is 6.27. The van der Waals surface area contributed by atoms with Crippen molar-refractivity contribution in [2.75, 3.05) is 6.54 Å². The minimum Gasteiger partial charge on any atom is -0.337 e. The predicted molar refractivity (Wildman–Crippen MR) is 140 cm³/mol. The fourth-order valence-electron chi connectivity index (χ4n) is 4.42. The largest absolute Gasteiger partial charge is 0.337 e. The molecule has 0 bridgehead atoms. The van der Waals surface area contributed by atoms with Gasteiger partial charge in [0.2, 0.25) is 5.91 Å². The number of para-hydroxylation sites is 1. The number of hydrogen-bond acceptors (Lipinski definition) is 5. The van der Waals surface area contributed by atoms with Gasteiger partial charge in [-0.15, -0.1) is 11.3 Å². The number of thiophene rings is 1. The Morgan fingerprint density at radius 2 is 1.91 bits per heavy atom. The van der Waals surface area contributed by atoms with Crippen LogP contribution in [0.4, 0.5) is 0 Å². The van der Waals surface area contributed by atoms with E-state index in [2.05, 4.69) is 23.6 Å². The van der Waals surface area contributed by atoms with Gasteiger partial charge >= 0.3 is 0 Å². The molecule has 2 aromatic carbocycles. The quantitative estimate of drug-likeness (QED) is 0.266. The van der Waals surface area contributed by atoms with Crippen molar-refractivity contribution in [3.63, 3.8) is 0 Å². The molecule has 1 aliphatic rings. The van der Waals surface area contributed by atoms with Crippen molar-refractivity contribution in [3.8, 4) is 0 Å². The molecule has 1 amide bonds. The number of carbonyl (C=O) groups is 1. The number of amides is 1. The van der Waals surface area contributed by atoms with Crippen LogP contribution in [-0.4, -0.2) is 32.2 Å². The van der Waals surface area contributed by atoms with E-state index in [0.717, 1.165) is 25.8 Å². The molecule has 0 fully saturated rings. The van der Waals surface area contributed by atoms with Gasteiger partial charge < -0.3 is 4.90 Å². The van der Waals surface area contributed by atoms with Crippen LogP contribution in [0.1, 0.15) is 29.3 Å². The third-order valence-corrected chi connectivity index (χ3v) is 8.37. The lowest BCUT2D eigenvalue weighted by Gasteiger charge is -2.29. The fraction of sp³-hybridized carbons (Fsp3) is 0.296. The Morgan fingerprint density at radius 3 is 2.76 bits per heavy atom. The number of nitrogens with zero attached hydrogens (tertiary/aromatic N) is 3. The zero-order valence-corrected chi connectivity index (χ0v) is 20.8. The molecule has 7 heteroatoms. The van der Waals surface area contributed by atoms with E-state index in [4.69, 9.17) is 4.98 Å². The summed E-state index contributed by atoms with van der Waals surface area (Å²) in [6.45, 7) is 3.90. The molecule has 174 valence electrons. The molecule has 0 aliphatic carbocycles. The molecular formula is C27H27N3O2S2. The maximum Gasteiger partial charge on any atom is 0.262 e. The van der Waals surface area contributed by atoms with Gasteiger partial charge in [-0.05, 0) is 60.9 Å². The number of benzene rings is 2. The lowest BCUT2D eigenvalue weighted by Crippen LogP contribution is -2.40. The molecule has 5 rings (SSSR count). The van der Waals surface area contributed by atoms with E-state index in [1.165, 1.54) is 27.8 Å². The van der Waals surface area contributed by atoms with Crippen LogP contribution in [0.3, 0.4) is 0 Å². The molecular weight excluding hydrogens is 462 g/mol. The lowest BCUT2D eigenvalue weighted by atomic mass is 10.1. The van der Waals surface area contributed by atoms with Crippen molar-refractivity contribution >= 4 is 39.9 Å². The Balaban J connectivity index is 1.37. The molecule has 0 spiro atoms. The Labute approximate surface area is 207 Å². The van der Waals surface area contributed by atoms with Crippen LogP contribution in [0.2, 0.25) is 0 Å². The number of aromatic nitrogens is 2. The van der Waals surface area contributed by atoms with E-state index >= 15 is 0 Å². The highest BCUT2D eigenvalue weighted by atomic mass is 32.2. The first-order chi connectivity index (χ1) is 16.6. The van der Waals surface area contributed by atoms with Crippen molar-refractivity contribution in [2.24, 2.45) is 0 Å². The van der Waals surface area contributed by atoms with E-state index in [1.807, 2.05) is 54.3 Å². The Morgan fingerprint density at radius 1 is 1.12 bits per heavy atom. The average Bonchev–Trinajstić information content (AvgIpc) is 3.34. The molecule has 2 aromatic heterocycles. The second kappa shape index (κ2) is 10.2. The summed E-state index contributed by atoms with van der Waals surface area (Å²) in [6, 6.07) is 19.9. The first-order valence-electron chi connectivity index (χ1n) is 11.6. The van der Waals surface area contributed by atoms with Gasteiger partial charge in [-0.2, -0.15) is 0 Å². The topological polar surface area (TPSA) is 55.2 Å². The van der Waals surface area contributed by atoms with Crippen LogP contribution in [0, 0.1) is 0 Å². The van der Waals surface area contributed by atoms with Crippen LogP contribution in [0.5, 0.6) is 0 Å². The normalized spacial score (nSPS) is 14.2. The average molecular weight is 490 g/mol. The van der Waals surface area contributed by atoms with E-state index in [-0.39, 0.29) is 16.7 Å². The number of thioether (sulfide) groups is 1. The second-order valence-corrected chi connectivity index (χ2v) is 10.9. The summed E-state index contributed by atoms with van der Waals surface area (Å²) >= 11 is 3.16. The smallest absolute Gasteiger partial charge is 0.262 e. The molecule has 0 radical (unpaired) electrons. The number of hydrogen-bond donors (Lipinski definition) is 0. The molecule has 34 heavy (non-hydrogen) atoms. The Kier molecular flexibility index (Phi) is 6.83. The van der Waals surface area contributed by atoms with Crippen molar-refractivity contribution in [2.45, 2.75) is 49.7 Å². The maximum absolute atomic E-state index is 13.4. The van der Waals surface area contributed by atoms with Crippen molar-refractivity contribution in [3.05, 3.63) is 92.4 Å². The number of rotatable bonds is 7. The SMILES string of the molecule is CC(Sc1nc2ccccc2c(=O)n1CCCc1ccccc1)C(=O)N1CCc2sccc2C1. The highest BCUT2D eigenvalue weighted by Crippen LogP contribution is 2.28. The summed E-state index contributed by atoms with van der Waals surface area (Å²) in [5.41, 5.74) is 3.14. The van der Waals surface area contributed by atoms with Gasteiger partial charge in [0.15, 0.2) is 5.16 Å². The van der Waals surface area contributed by atoms with Crippen molar-refractivity contribution in [1.29, 1.82) is 0 Å². The Hall–Kier alpha value is -2.90. The van der Waals surface area contributed by atoms with Crippen LogP contribution < -0.4 is 5.56 Å². The first-order valence-corrected chi connectivity index (χ1v) is 13.4. The van der Waals surface area contributed by atoms with Gasteiger partial charge in [-0.1, -0.05) is 54.2 Å². The fourth-order valence-corrected chi connectivity index (χ4v) is 6.33. The van der Waals surface area contributed by atoms with Gasteiger partial charge in [0.25, 0.3) is 5.56 Å². The summed E-state index contributed by atoms with van der Waals surface area (Å²) in [4.78, 5) is 34.8. The number of carbonyl (C=O) groups excluding carboxylic acids is 1. The molecule has 5 nitrogen and oxygen atoms in total. The molecule has 1 atom stereocenters. The van der Waals surface area contributed by atoms with Crippen molar-refractivity contribution < 1.29 is 4.79 Å². The zero-order valence-electron chi connectivity index (χ0n) is 19.1. The van der Waals surface area contributed by atoms with Crippen LogP contribution >= 0.6 is 23.1 Å². The summed E-state index contributed by atoms with van der Waals surface area (Å²) in [6.07, 6.45) is 2.62. The monoisotopic (exact) mass is 489 g/mol. The van der Waals surface area contributed by atoms with Crippen LogP contribution in [-0.2, 0) is 30.7 Å². The van der Waals surface area contributed by atoms with E-state index in [0.29, 0.717) is 29.1 Å². The molecule has 0 saturated heterocycles. The van der Waals surface area contributed by atoms with Crippen LogP contribution in [0.15, 0.2) is 76.0 Å². The highest BCUT2D eigenvalue weighted by molar-refractivity contribution is 8.00. The molecule has 1 unspecified atom stereocenters. The van der Waals surface area contributed by atoms with Gasteiger partial charge in [-0.25, -0.2) is 4.98 Å². The highest BCUT2D eigenvalue weighted by Gasteiger charge is 2.27. The Bertz CT molecular complexity index is 1360. The summed E-state index contributed by atoms with van der Waals surface area (Å²) < 4.78 is 1.76. The van der Waals surface area contributed by atoms with E-state index in [1.54, 1.807) is 15.9 Å². The molecule has 0 saturated carbocycles. The minimum absolute atomic E-state index is 0.0401. The molecule has 3 heterocycles. The first kappa shape index (κ1) is 22.9. The zero-order chi connectivity index (χ0) is 23.5. The molecule has 0 N–H and O–H groups in total. The lowest BCUT2D eigenvalue weighted by molar-refractivity contribution is -0.131. The van der Waals surface area contributed by atoms with Gasteiger partial charge in [0.1, 0.15) is 0 Å². The summed E-state index contributed by atoms with van der Waals surface area (Å²) in [5.74, 6) is 0.0973. The van der Waals surface area contributed by atoms with Gasteiger partial charge in [0, 0.05) is 24.5 Å². The summed E-state index contributed by atoms with van der Waals surface area (Å²) in [5, 5.41) is 3.01. The van der Waals surface area contributed by atoms with E-state index < -0.39 is 0 Å². The number of fused-ring (bicyclic) bond motifs is 2. The summed E-state index contributed by atoms with van der Waals surface area (Å²) in [7, 11) is 0.